The summed E-state index contributed by atoms with van der Waals surface area (Å²) in [7, 11) is 1.80. The molecule has 222 valence electrons. The molecule has 0 amide bonds. The summed E-state index contributed by atoms with van der Waals surface area (Å²) in [6.07, 6.45) is 5.62. The number of nitrogens with zero attached hydrogens (tertiary/aromatic N) is 3. The van der Waals surface area contributed by atoms with Crippen LogP contribution < -0.4 is 0 Å². The molecule has 0 radical (unpaired) electrons. The van der Waals surface area contributed by atoms with Gasteiger partial charge in [0.15, 0.2) is 5.82 Å². The second-order valence-corrected chi connectivity index (χ2v) is 11.6. The van der Waals surface area contributed by atoms with Crippen LogP contribution in [0, 0.1) is 0 Å². The molecule has 0 aliphatic heterocycles. The van der Waals surface area contributed by atoms with Crippen molar-refractivity contribution < 1.29 is 0 Å². The summed E-state index contributed by atoms with van der Waals surface area (Å²) in [5, 5.41) is 9.58. The standard InChI is InChI=1S/C44H31N3/c1-3-4-21-41(45-2)29-22-24-30(25-23-29)44-46-42(39-26-31-13-5-7-15-33(31)35-17-9-11-19-37(35)39)28-43(47-44)40-27-32-14-6-8-16-34(32)36-18-10-12-20-38(36)40/h3-28H,1H2,2H3/b21-4-,45-41+. The Kier molecular flexibility index (Phi) is 7.20. The second-order valence-electron chi connectivity index (χ2n) is 11.6. The highest BCUT2D eigenvalue weighted by Gasteiger charge is 2.17. The first-order valence-electron chi connectivity index (χ1n) is 15.8. The van der Waals surface area contributed by atoms with Crippen molar-refractivity contribution in [2.45, 2.75) is 0 Å². The fraction of sp³-hybridized carbons (Fsp3) is 0.0227. The quantitative estimate of drug-likeness (QED) is 0.108. The highest BCUT2D eigenvalue weighted by Crippen LogP contribution is 2.39. The van der Waals surface area contributed by atoms with Gasteiger partial charge in [-0.15, -0.1) is 0 Å². The summed E-state index contributed by atoms with van der Waals surface area (Å²) in [4.78, 5) is 15.0. The maximum Gasteiger partial charge on any atom is 0.160 e. The molecule has 3 heteroatoms. The molecular formula is C44H31N3. The summed E-state index contributed by atoms with van der Waals surface area (Å²) in [6.45, 7) is 3.79. The van der Waals surface area contributed by atoms with Crippen molar-refractivity contribution in [1.82, 2.24) is 9.97 Å². The molecule has 7 aromatic carbocycles. The van der Waals surface area contributed by atoms with Gasteiger partial charge in [-0.05, 0) is 72.9 Å². The molecule has 8 rings (SSSR count). The maximum absolute atomic E-state index is 5.27. The zero-order valence-electron chi connectivity index (χ0n) is 26.1. The van der Waals surface area contributed by atoms with Crippen LogP contribution in [-0.2, 0) is 0 Å². The summed E-state index contributed by atoms with van der Waals surface area (Å²) in [5.41, 5.74) is 6.79. The van der Waals surface area contributed by atoms with E-state index in [2.05, 4.69) is 151 Å². The van der Waals surface area contributed by atoms with Crippen molar-refractivity contribution in [2.24, 2.45) is 4.99 Å². The van der Waals surface area contributed by atoms with Gasteiger partial charge in [-0.1, -0.05) is 140 Å². The fourth-order valence-corrected chi connectivity index (χ4v) is 6.63. The lowest BCUT2D eigenvalue weighted by Crippen LogP contribution is -1.99. The van der Waals surface area contributed by atoms with Crippen LogP contribution >= 0.6 is 0 Å². The summed E-state index contributed by atoms with van der Waals surface area (Å²) >= 11 is 0. The van der Waals surface area contributed by atoms with Crippen LogP contribution in [0.5, 0.6) is 0 Å². The average Bonchev–Trinajstić information content (AvgIpc) is 3.14. The van der Waals surface area contributed by atoms with Gasteiger partial charge in [0.1, 0.15) is 0 Å². The molecule has 3 nitrogen and oxygen atoms in total. The minimum Gasteiger partial charge on any atom is -0.288 e. The molecular weight excluding hydrogens is 571 g/mol. The molecule has 1 heterocycles. The number of allylic oxidation sites excluding steroid dienone is 3. The van der Waals surface area contributed by atoms with Gasteiger partial charge >= 0.3 is 0 Å². The molecule has 1 aromatic heterocycles. The number of aromatic nitrogens is 2. The average molecular weight is 602 g/mol. The largest absolute Gasteiger partial charge is 0.288 e. The molecule has 0 saturated carbocycles. The van der Waals surface area contributed by atoms with Crippen molar-refractivity contribution in [3.05, 3.63) is 170 Å². The van der Waals surface area contributed by atoms with Gasteiger partial charge in [0.2, 0.25) is 0 Å². The highest BCUT2D eigenvalue weighted by molar-refractivity contribution is 6.15. The normalized spacial score (nSPS) is 12.1. The van der Waals surface area contributed by atoms with E-state index in [0.717, 1.165) is 39.4 Å². The van der Waals surface area contributed by atoms with Crippen LogP contribution in [0.1, 0.15) is 5.56 Å². The monoisotopic (exact) mass is 601 g/mol. The van der Waals surface area contributed by atoms with Gasteiger partial charge in [0, 0.05) is 23.7 Å². The molecule has 47 heavy (non-hydrogen) atoms. The molecule has 0 atom stereocenters. The number of aliphatic imine (C=N–C) groups is 1. The summed E-state index contributed by atoms with van der Waals surface area (Å²) in [5.74, 6) is 0.676. The van der Waals surface area contributed by atoms with Crippen molar-refractivity contribution in [2.75, 3.05) is 7.05 Å². The summed E-state index contributed by atoms with van der Waals surface area (Å²) in [6, 6.07) is 49.4. The van der Waals surface area contributed by atoms with E-state index in [0.29, 0.717) is 5.82 Å². The van der Waals surface area contributed by atoms with E-state index in [1.807, 2.05) is 12.2 Å². The molecule has 8 aromatic rings. The van der Waals surface area contributed by atoms with Crippen molar-refractivity contribution in [3.8, 4) is 33.9 Å². The Balaban J connectivity index is 1.40. The summed E-state index contributed by atoms with van der Waals surface area (Å²) < 4.78 is 0. The molecule has 0 spiro atoms. The lowest BCUT2D eigenvalue weighted by molar-refractivity contribution is 1.19. The fourth-order valence-electron chi connectivity index (χ4n) is 6.63. The smallest absolute Gasteiger partial charge is 0.160 e. The van der Waals surface area contributed by atoms with E-state index in [-0.39, 0.29) is 0 Å². The molecule has 0 aliphatic rings. The van der Waals surface area contributed by atoms with Crippen molar-refractivity contribution in [3.63, 3.8) is 0 Å². The third-order valence-electron chi connectivity index (χ3n) is 8.88. The third kappa shape index (κ3) is 5.08. The van der Waals surface area contributed by atoms with Gasteiger partial charge in [0.25, 0.3) is 0 Å². The first-order chi connectivity index (χ1) is 23.2. The minimum atomic E-state index is 0.676. The predicted molar refractivity (Wildman–Crippen MR) is 200 cm³/mol. The van der Waals surface area contributed by atoms with Crippen molar-refractivity contribution >= 4 is 48.8 Å². The highest BCUT2D eigenvalue weighted by atomic mass is 14.9. The molecule has 0 bridgehead atoms. The second kappa shape index (κ2) is 12.0. The number of benzene rings is 7. The molecule has 0 aliphatic carbocycles. The predicted octanol–water partition coefficient (Wildman–Crippen LogP) is 11.3. The Morgan fingerprint density at radius 1 is 0.553 bits per heavy atom. The maximum atomic E-state index is 5.27. The SMILES string of the molecule is C=C/C=C\C(=N/C)c1ccc(-c2nc(-c3cc4ccccc4c4ccccc34)cc(-c3cc4ccccc4c4ccccc34)n2)cc1. The van der Waals surface area contributed by atoms with E-state index in [1.165, 1.54) is 43.1 Å². The first-order valence-corrected chi connectivity index (χ1v) is 15.8. The lowest BCUT2D eigenvalue weighted by atomic mass is 9.93. The van der Waals surface area contributed by atoms with E-state index in [4.69, 9.17) is 9.97 Å². The van der Waals surface area contributed by atoms with Gasteiger partial charge < -0.3 is 0 Å². The van der Waals surface area contributed by atoms with Crippen LogP contribution in [0.25, 0.3) is 77.0 Å². The lowest BCUT2D eigenvalue weighted by Gasteiger charge is -2.15. The Bertz CT molecular complexity index is 2400. The number of fused-ring (bicyclic) bond motifs is 6. The van der Waals surface area contributed by atoms with Crippen LogP contribution in [0.15, 0.2) is 169 Å². The van der Waals surface area contributed by atoms with Crippen molar-refractivity contribution in [1.29, 1.82) is 0 Å². The molecule has 0 saturated heterocycles. The minimum absolute atomic E-state index is 0.676. The zero-order valence-corrected chi connectivity index (χ0v) is 26.1. The van der Waals surface area contributed by atoms with Gasteiger partial charge in [-0.25, -0.2) is 9.97 Å². The Labute approximate surface area is 273 Å². The number of hydrogen-bond donors (Lipinski definition) is 0. The van der Waals surface area contributed by atoms with E-state index < -0.39 is 0 Å². The Hall–Kier alpha value is -6.19. The topological polar surface area (TPSA) is 38.1 Å². The van der Waals surface area contributed by atoms with E-state index in [1.54, 1.807) is 13.1 Å². The number of hydrogen-bond acceptors (Lipinski definition) is 3. The van der Waals surface area contributed by atoms with Crippen LogP contribution in [0.2, 0.25) is 0 Å². The Morgan fingerprint density at radius 3 is 1.51 bits per heavy atom. The zero-order chi connectivity index (χ0) is 31.7. The van der Waals surface area contributed by atoms with E-state index in [9.17, 15) is 0 Å². The Morgan fingerprint density at radius 2 is 1.02 bits per heavy atom. The molecule has 0 N–H and O–H groups in total. The van der Waals surface area contributed by atoms with Gasteiger partial charge in [-0.3, -0.25) is 4.99 Å². The molecule has 0 fully saturated rings. The molecule has 0 unspecified atom stereocenters. The van der Waals surface area contributed by atoms with Gasteiger partial charge in [-0.2, -0.15) is 0 Å². The van der Waals surface area contributed by atoms with Crippen LogP contribution in [0.4, 0.5) is 0 Å². The number of rotatable bonds is 6. The van der Waals surface area contributed by atoms with Gasteiger partial charge in [0.05, 0.1) is 17.1 Å². The van der Waals surface area contributed by atoms with Crippen LogP contribution in [0.3, 0.4) is 0 Å². The van der Waals surface area contributed by atoms with Crippen LogP contribution in [-0.4, -0.2) is 22.7 Å². The first kappa shape index (κ1) is 28.3. The van der Waals surface area contributed by atoms with E-state index >= 15 is 0 Å². The third-order valence-corrected chi connectivity index (χ3v) is 8.88.